The summed E-state index contributed by atoms with van der Waals surface area (Å²) in [6, 6.07) is 21.6. The summed E-state index contributed by atoms with van der Waals surface area (Å²) in [4.78, 5) is 19.3. The van der Waals surface area contributed by atoms with Crippen LogP contribution in [0.25, 0.3) is 10.9 Å². The van der Waals surface area contributed by atoms with Gasteiger partial charge < -0.3 is 9.72 Å². The number of H-pyrrole nitrogens is 1. The topological polar surface area (TPSA) is 60.9 Å². The molecular formula is C27H23FN4O2. The first-order chi connectivity index (χ1) is 16.6. The predicted molar refractivity (Wildman–Crippen MR) is 128 cm³/mol. The molecule has 1 N–H and O–H groups in total. The fourth-order valence-corrected chi connectivity index (χ4v) is 5.03. The number of carbonyl (C=O) groups excluding carboxylic acids is 1. The number of aromatic nitrogens is 1. The van der Waals surface area contributed by atoms with Crippen LogP contribution in [0, 0.1) is 5.82 Å². The molecule has 0 spiro atoms. The third kappa shape index (κ3) is 3.36. The van der Waals surface area contributed by atoms with Crippen molar-refractivity contribution >= 4 is 23.0 Å². The normalized spacial score (nSPS) is 20.2. The molecular weight excluding hydrogens is 431 g/mol. The van der Waals surface area contributed by atoms with E-state index in [1.165, 1.54) is 22.7 Å². The summed E-state index contributed by atoms with van der Waals surface area (Å²) in [5.41, 5.74) is 5.05. The zero-order valence-electron chi connectivity index (χ0n) is 18.6. The number of benzene rings is 3. The molecule has 0 radical (unpaired) electrons. The Morgan fingerprint density at radius 3 is 2.59 bits per heavy atom. The number of fused-ring (bicyclic) bond motifs is 4. The number of hydrogen-bond acceptors (Lipinski definition) is 4. The zero-order valence-corrected chi connectivity index (χ0v) is 18.6. The second-order valence-electron chi connectivity index (χ2n) is 8.65. The van der Waals surface area contributed by atoms with Crippen LogP contribution in [0.4, 0.5) is 4.39 Å². The Morgan fingerprint density at radius 1 is 1.06 bits per heavy atom. The minimum atomic E-state index is -0.424. The van der Waals surface area contributed by atoms with Gasteiger partial charge in [0.2, 0.25) is 0 Å². The first-order valence-corrected chi connectivity index (χ1v) is 11.2. The highest BCUT2D eigenvalue weighted by Gasteiger charge is 2.49. The van der Waals surface area contributed by atoms with Gasteiger partial charge in [0.1, 0.15) is 17.7 Å². The van der Waals surface area contributed by atoms with E-state index in [1.807, 2.05) is 36.4 Å². The summed E-state index contributed by atoms with van der Waals surface area (Å²) in [7, 11) is 1.62. The van der Waals surface area contributed by atoms with Gasteiger partial charge in [-0.3, -0.25) is 9.69 Å². The summed E-state index contributed by atoms with van der Waals surface area (Å²) in [6.07, 6.45) is 1.86. The highest BCUT2D eigenvalue weighted by molar-refractivity contribution is 5.90. The van der Waals surface area contributed by atoms with Crippen LogP contribution in [0.2, 0.25) is 0 Å². The van der Waals surface area contributed by atoms with Gasteiger partial charge in [0, 0.05) is 23.1 Å². The van der Waals surface area contributed by atoms with E-state index in [1.54, 1.807) is 25.5 Å². The lowest BCUT2D eigenvalue weighted by molar-refractivity contribution is -0.130. The van der Waals surface area contributed by atoms with Crippen LogP contribution in [0.5, 0.6) is 5.75 Å². The second kappa shape index (κ2) is 8.11. The Bertz CT molecular complexity index is 1390. The highest BCUT2D eigenvalue weighted by atomic mass is 19.1. The van der Waals surface area contributed by atoms with Crippen molar-refractivity contribution in [1.29, 1.82) is 0 Å². The molecule has 1 aromatic heterocycles. The molecule has 0 bridgehead atoms. The summed E-state index contributed by atoms with van der Waals surface area (Å²) in [6.45, 7) is 0.580. The Kier molecular flexibility index (Phi) is 4.92. The molecule has 3 aromatic carbocycles. The van der Waals surface area contributed by atoms with Gasteiger partial charge in [-0.2, -0.15) is 5.10 Å². The zero-order chi connectivity index (χ0) is 23.2. The quantitative estimate of drug-likeness (QED) is 0.458. The number of nitrogens with zero attached hydrogens (tertiary/aromatic N) is 3. The lowest BCUT2D eigenvalue weighted by atomic mass is 9.97. The number of methoxy groups -OCH3 is 1. The van der Waals surface area contributed by atoms with Gasteiger partial charge in [-0.25, -0.2) is 9.40 Å². The number of hydrazone groups is 1. The third-order valence-electron chi connectivity index (χ3n) is 6.71. The molecule has 1 amide bonds. The maximum absolute atomic E-state index is 13.7. The van der Waals surface area contributed by atoms with Crippen LogP contribution in [-0.2, 0) is 17.8 Å². The van der Waals surface area contributed by atoms with Crippen LogP contribution < -0.4 is 4.74 Å². The van der Waals surface area contributed by atoms with E-state index in [4.69, 9.17) is 4.74 Å². The summed E-state index contributed by atoms with van der Waals surface area (Å²) >= 11 is 0. The molecule has 1 fully saturated rings. The Morgan fingerprint density at radius 2 is 1.82 bits per heavy atom. The minimum Gasteiger partial charge on any atom is -0.497 e. The molecule has 0 aliphatic carbocycles. The Balaban J connectivity index is 1.39. The predicted octanol–water partition coefficient (Wildman–Crippen LogP) is 4.62. The summed E-state index contributed by atoms with van der Waals surface area (Å²) in [5, 5.41) is 7.31. The molecule has 0 saturated carbocycles. The van der Waals surface area contributed by atoms with E-state index >= 15 is 0 Å². The average Bonchev–Trinajstić information content (AvgIpc) is 3.36. The van der Waals surface area contributed by atoms with Crippen molar-refractivity contribution in [3.8, 4) is 5.75 Å². The van der Waals surface area contributed by atoms with Gasteiger partial charge >= 0.3 is 0 Å². The lowest BCUT2D eigenvalue weighted by Gasteiger charge is -2.32. The van der Waals surface area contributed by atoms with Crippen molar-refractivity contribution in [2.75, 3.05) is 7.11 Å². The van der Waals surface area contributed by atoms with E-state index in [-0.39, 0.29) is 17.8 Å². The van der Waals surface area contributed by atoms with E-state index < -0.39 is 6.17 Å². The molecule has 0 unspecified atom stereocenters. The molecule has 2 aliphatic rings. The van der Waals surface area contributed by atoms with E-state index in [0.29, 0.717) is 13.0 Å². The fraction of sp³-hybridized carbons (Fsp3) is 0.185. The maximum Gasteiger partial charge on any atom is 0.262 e. The number of ether oxygens (including phenoxy) is 1. The maximum atomic E-state index is 13.7. The molecule has 2 aliphatic heterocycles. The Hall–Kier alpha value is -3.97. The number of nitrogens with one attached hydrogen (secondary N) is 1. The second-order valence-corrected chi connectivity index (χ2v) is 8.65. The molecule has 1 saturated heterocycles. The average molecular weight is 455 g/mol. The van der Waals surface area contributed by atoms with Crippen LogP contribution in [-0.4, -0.2) is 40.2 Å². The Labute approximate surface area is 196 Å². The van der Waals surface area contributed by atoms with E-state index in [9.17, 15) is 9.18 Å². The van der Waals surface area contributed by atoms with Crippen LogP contribution >= 0.6 is 0 Å². The number of carbonyl (C=O) groups is 1. The molecule has 7 heteroatoms. The fourth-order valence-electron chi connectivity index (χ4n) is 5.03. The van der Waals surface area contributed by atoms with Gasteiger partial charge in [-0.05, 0) is 65.6 Å². The third-order valence-corrected chi connectivity index (χ3v) is 6.71. The number of hydrogen-bond donors (Lipinski definition) is 1. The summed E-state index contributed by atoms with van der Waals surface area (Å²) < 4.78 is 18.9. The molecule has 6 nitrogen and oxygen atoms in total. The standard InChI is InChI=1S/C27H23FN4O2/c1-34-20-12-6-17(7-13-20)15-29-32-26(18-8-10-19(28)11-9-18)31-16-24-22(14-25(31)27(32)33)21-4-2-3-5-23(21)30-24/h2-13,15,25-26,30H,14,16H2,1H3/b29-15-/t25-,26-/m1/s1. The number of aromatic amines is 1. The number of rotatable bonds is 4. The summed E-state index contributed by atoms with van der Waals surface area (Å²) in [5.74, 6) is 0.383. The monoisotopic (exact) mass is 454 g/mol. The van der Waals surface area contributed by atoms with Crippen molar-refractivity contribution in [2.24, 2.45) is 5.10 Å². The van der Waals surface area contributed by atoms with Gasteiger partial charge in [-0.15, -0.1) is 0 Å². The van der Waals surface area contributed by atoms with E-state index in [2.05, 4.69) is 27.1 Å². The SMILES string of the molecule is COc1ccc(/C=N\N2C(=O)[C@H]3Cc4c([nH]c5ccccc45)CN3[C@H]2c2ccc(F)cc2)cc1. The lowest BCUT2D eigenvalue weighted by Crippen LogP contribution is -2.39. The van der Waals surface area contributed by atoms with Crippen LogP contribution in [0.15, 0.2) is 77.9 Å². The largest absolute Gasteiger partial charge is 0.497 e. The van der Waals surface area contributed by atoms with Crippen LogP contribution in [0.3, 0.4) is 0 Å². The molecule has 4 aromatic rings. The van der Waals surface area contributed by atoms with Crippen molar-refractivity contribution in [3.63, 3.8) is 0 Å². The van der Waals surface area contributed by atoms with Crippen LogP contribution in [0.1, 0.15) is 28.6 Å². The molecule has 170 valence electrons. The smallest absolute Gasteiger partial charge is 0.262 e. The van der Waals surface area contributed by atoms with Gasteiger partial charge in [0.25, 0.3) is 5.91 Å². The molecule has 6 rings (SSSR count). The molecule has 3 heterocycles. The van der Waals surface area contributed by atoms with Gasteiger partial charge in [-0.1, -0.05) is 30.3 Å². The highest BCUT2D eigenvalue weighted by Crippen LogP contribution is 2.42. The van der Waals surface area contributed by atoms with Crippen molar-refractivity contribution < 1.29 is 13.9 Å². The van der Waals surface area contributed by atoms with Crippen molar-refractivity contribution in [2.45, 2.75) is 25.2 Å². The van der Waals surface area contributed by atoms with Gasteiger partial charge in [0.15, 0.2) is 0 Å². The first-order valence-electron chi connectivity index (χ1n) is 11.2. The van der Waals surface area contributed by atoms with Gasteiger partial charge in [0.05, 0.1) is 19.4 Å². The van der Waals surface area contributed by atoms with Crippen molar-refractivity contribution in [3.05, 3.63) is 101 Å². The first kappa shape index (κ1) is 20.6. The number of halogens is 1. The molecule has 34 heavy (non-hydrogen) atoms. The number of amides is 1. The van der Waals surface area contributed by atoms with E-state index in [0.717, 1.165) is 33.5 Å². The minimum absolute atomic E-state index is 0.0602. The molecule has 2 atom stereocenters. The van der Waals surface area contributed by atoms with Crippen molar-refractivity contribution in [1.82, 2.24) is 14.9 Å². The number of para-hydroxylation sites is 1.